The van der Waals surface area contributed by atoms with E-state index >= 15 is 0 Å². The van der Waals surface area contributed by atoms with Gasteiger partial charge in [0.05, 0.1) is 5.75 Å². The lowest BCUT2D eigenvalue weighted by molar-refractivity contribution is -0.113. The summed E-state index contributed by atoms with van der Waals surface area (Å²) in [6.07, 6.45) is 6.64. The molecule has 0 saturated heterocycles. The van der Waals surface area contributed by atoms with Crippen LogP contribution in [0.5, 0.6) is 11.5 Å². The number of ether oxygens (including phenoxy) is 2. The van der Waals surface area contributed by atoms with Crippen LogP contribution in [0.15, 0.2) is 29.7 Å². The number of nitrogens with one attached hydrogen (secondary N) is 1. The lowest BCUT2D eigenvalue weighted by Gasteiger charge is -2.31. The van der Waals surface area contributed by atoms with E-state index in [-0.39, 0.29) is 11.7 Å². The number of fused-ring (bicyclic) bond motifs is 1. The number of aromatic nitrogens is 3. The first-order valence-corrected chi connectivity index (χ1v) is 9.22. The van der Waals surface area contributed by atoms with E-state index in [9.17, 15) is 4.79 Å². The molecule has 1 fully saturated rings. The monoisotopic (exact) mass is 361 g/mol. The van der Waals surface area contributed by atoms with Crippen LogP contribution < -0.4 is 20.6 Å². The topological polar surface area (TPSA) is 104 Å². The summed E-state index contributed by atoms with van der Waals surface area (Å²) in [7, 11) is 0. The molecule has 3 N–H and O–H groups in total. The number of hydrogen-bond donors (Lipinski definition) is 2. The zero-order valence-electron chi connectivity index (χ0n) is 13.6. The number of carbonyl (C=O) groups is 1. The molecular weight excluding hydrogens is 342 g/mol. The quantitative estimate of drug-likeness (QED) is 0.635. The van der Waals surface area contributed by atoms with E-state index in [2.05, 4.69) is 15.5 Å². The molecule has 1 spiro atoms. The summed E-state index contributed by atoms with van der Waals surface area (Å²) in [6, 6.07) is 5.47. The molecule has 25 heavy (non-hydrogen) atoms. The predicted molar refractivity (Wildman–Crippen MR) is 93.0 cm³/mol. The highest BCUT2D eigenvalue weighted by Gasteiger charge is 2.42. The van der Waals surface area contributed by atoms with Crippen molar-refractivity contribution in [2.75, 3.05) is 16.9 Å². The van der Waals surface area contributed by atoms with Crippen LogP contribution in [0.2, 0.25) is 0 Å². The molecule has 0 atom stereocenters. The van der Waals surface area contributed by atoms with Crippen LogP contribution in [0.4, 0.5) is 5.69 Å². The molecule has 2 heterocycles. The number of nitrogens with two attached hydrogens (primary N) is 1. The van der Waals surface area contributed by atoms with Gasteiger partial charge in [-0.2, -0.15) is 0 Å². The molecule has 8 nitrogen and oxygen atoms in total. The van der Waals surface area contributed by atoms with Gasteiger partial charge in [0.25, 0.3) is 5.79 Å². The number of rotatable bonds is 4. The first kappa shape index (κ1) is 16.1. The van der Waals surface area contributed by atoms with Crippen LogP contribution in [0.3, 0.4) is 0 Å². The van der Waals surface area contributed by atoms with Gasteiger partial charge in [0.2, 0.25) is 11.1 Å². The molecule has 1 aromatic heterocycles. The van der Waals surface area contributed by atoms with E-state index in [0.29, 0.717) is 16.6 Å². The number of nitrogen functional groups attached to an aromatic ring is 1. The first-order valence-electron chi connectivity index (χ1n) is 8.23. The highest BCUT2D eigenvalue weighted by molar-refractivity contribution is 7.99. The Morgan fingerprint density at radius 1 is 1.28 bits per heavy atom. The summed E-state index contributed by atoms with van der Waals surface area (Å²) in [5.41, 5.74) is 0.676. The lowest BCUT2D eigenvalue weighted by atomic mass is 9.94. The Bertz CT molecular complexity index is 788. The zero-order valence-corrected chi connectivity index (χ0v) is 14.4. The summed E-state index contributed by atoms with van der Waals surface area (Å²) in [6.45, 7) is 0. The van der Waals surface area contributed by atoms with Gasteiger partial charge in [0.15, 0.2) is 11.5 Å². The smallest absolute Gasteiger partial charge is 0.251 e. The number of nitrogens with zero attached hydrogens (tertiary/aromatic N) is 3. The van der Waals surface area contributed by atoms with Crippen molar-refractivity contribution >= 4 is 23.4 Å². The van der Waals surface area contributed by atoms with Crippen LogP contribution in [0.25, 0.3) is 0 Å². The highest BCUT2D eigenvalue weighted by atomic mass is 32.2. The minimum atomic E-state index is -0.510. The van der Waals surface area contributed by atoms with E-state index in [4.69, 9.17) is 15.3 Å². The van der Waals surface area contributed by atoms with Crippen molar-refractivity contribution in [1.82, 2.24) is 14.9 Å². The summed E-state index contributed by atoms with van der Waals surface area (Å²) in [5, 5.41) is 10.8. The van der Waals surface area contributed by atoms with Crippen molar-refractivity contribution in [3.63, 3.8) is 0 Å². The van der Waals surface area contributed by atoms with E-state index in [0.717, 1.165) is 31.4 Å². The Morgan fingerprint density at radius 3 is 2.84 bits per heavy atom. The van der Waals surface area contributed by atoms with Gasteiger partial charge in [0.1, 0.15) is 6.33 Å². The number of amides is 1. The second-order valence-electron chi connectivity index (χ2n) is 6.19. The zero-order chi connectivity index (χ0) is 17.3. The second-order valence-corrected chi connectivity index (χ2v) is 7.14. The predicted octanol–water partition coefficient (Wildman–Crippen LogP) is 2.15. The fraction of sp³-hybridized carbons (Fsp3) is 0.438. The second kappa shape index (κ2) is 6.47. The van der Waals surface area contributed by atoms with Gasteiger partial charge < -0.3 is 20.6 Å². The Balaban J connectivity index is 1.37. The molecule has 1 aromatic carbocycles. The Kier molecular flexibility index (Phi) is 4.16. The molecular formula is C16H19N5O3S. The van der Waals surface area contributed by atoms with Crippen molar-refractivity contribution in [2.24, 2.45) is 0 Å². The number of anilines is 1. The first-order chi connectivity index (χ1) is 12.1. The van der Waals surface area contributed by atoms with Gasteiger partial charge in [0, 0.05) is 24.6 Å². The molecule has 1 amide bonds. The van der Waals surface area contributed by atoms with Crippen LogP contribution in [-0.4, -0.2) is 32.3 Å². The Hall–Kier alpha value is -2.42. The van der Waals surface area contributed by atoms with E-state index in [1.165, 1.54) is 29.2 Å². The Morgan fingerprint density at radius 2 is 2.08 bits per heavy atom. The minimum Gasteiger partial charge on any atom is -0.448 e. The molecule has 0 unspecified atom stereocenters. The molecule has 0 radical (unpaired) electrons. The lowest BCUT2D eigenvalue weighted by Crippen LogP contribution is -2.40. The molecule has 1 aliphatic carbocycles. The SMILES string of the molecule is Nn1cnnc1SCC(=O)Nc1ccc2c(c1)OC1(CCCCC1)O2. The standard InChI is InChI=1S/C16H19N5O3S/c17-21-10-18-20-15(21)25-9-14(22)19-11-4-5-12-13(8-11)24-16(23-12)6-2-1-3-7-16/h4-5,8,10H,1-3,6-7,9,17H2,(H,19,22). The average molecular weight is 361 g/mol. The molecule has 9 heteroatoms. The number of hydrogen-bond acceptors (Lipinski definition) is 7. The van der Waals surface area contributed by atoms with Crippen LogP contribution in [0, 0.1) is 0 Å². The van der Waals surface area contributed by atoms with Crippen molar-refractivity contribution < 1.29 is 14.3 Å². The highest BCUT2D eigenvalue weighted by Crippen LogP contribution is 2.46. The molecule has 1 saturated carbocycles. The third-order valence-electron chi connectivity index (χ3n) is 4.31. The van der Waals surface area contributed by atoms with E-state index in [1.807, 2.05) is 18.2 Å². The third kappa shape index (κ3) is 3.37. The minimum absolute atomic E-state index is 0.153. The van der Waals surface area contributed by atoms with Crippen molar-refractivity contribution in [1.29, 1.82) is 0 Å². The van der Waals surface area contributed by atoms with Gasteiger partial charge in [-0.15, -0.1) is 10.2 Å². The average Bonchev–Trinajstić information content (AvgIpc) is 3.16. The summed E-state index contributed by atoms with van der Waals surface area (Å²) < 4.78 is 13.4. The van der Waals surface area contributed by atoms with Crippen molar-refractivity contribution in [3.05, 3.63) is 24.5 Å². The normalized spacial score (nSPS) is 17.6. The maximum atomic E-state index is 12.1. The number of benzene rings is 1. The molecule has 132 valence electrons. The Labute approximate surface area is 149 Å². The van der Waals surface area contributed by atoms with Crippen LogP contribution in [0.1, 0.15) is 32.1 Å². The maximum Gasteiger partial charge on any atom is 0.251 e. The fourth-order valence-electron chi connectivity index (χ4n) is 3.13. The van der Waals surface area contributed by atoms with Crippen molar-refractivity contribution in [3.8, 4) is 11.5 Å². The number of thioether (sulfide) groups is 1. The van der Waals surface area contributed by atoms with Gasteiger partial charge in [-0.25, -0.2) is 4.68 Å². The summed E-state index contributed by atoms with van der Waals surface area (Å²) in [5.74, 6) is 6.57. The summed E-state index contributed by atoms with van der Waals surface area (Å²) >= 11 is 1.22. The molecule has 1 aliphatic heterocycles. The van der Waals surface area contributed by atoms with Crippen LogP contribution in [-0.2, 0) is 4.79 Å². The molecule has 4 rings (SSSR count). The van der Waals surface area contributed by atoms with Crippen molar-refractivity contribution in [2.45, 2.75) is 43.0 Å². The van der Waals surface area contributed by atoms with Crippen LogP contribution >= 0.6 is 11.8 Å². The van der Waals surface area contributed by atoms with Gasteiger partial charge in [-0.05, 0) is 25.0 Å². The largest absolute Gasteiger partial charge is 0.448 e. The molecule has 0 bridgehead atoms. The summed E-state index contributed by atoms with van der Waals surface area (Å²) in [4.78, 5) is 12.1. The van der Waals surface area contributed by atoms with E-state index < -0.39 is 5.79 Å². The maximum absolute atomic E-state index is 12.1. The molecule has 2 aliphatic rings. The number of carbonyl (C=O) groups excluding carboxylic acids is 1. The third-order valence-corrected chi connectivity index (χ3v) is 5.26. The fourth-order valence-corrected chi connectivity index (χ4v) is 3.76. The van der Waals surface area contributed by atoms with Gasteiger partial charge >= 0.3 is 0 Å². The van der Waals surface area contributed by atoms with Gasteiger partial charge in [-0.1, -0.05) is 18.2 Å². The van der Waals surface area contributed by atoms with E-state index in [1.54, 1.807) is 0 Å². The van der Waals surface area contributed by atoms with Gasteiger partial charge in [-0.3, -0.25) is 4.79 Å². The molecule has 2 aromatic rings.